The highest BCUT2D eigenvalue weighted by molar-refractivity contribution is 5.71. The highest BCUT2D eigenvalue weighted by Gasteiger charge is 2.20. The topological polar surface area (TPSA) is 86.0 Å². The van der Waals surface area contributed by atoms with Gasteiger partial charge >= 0.3 is 0 Å². The number of nitrogens with two attached hydrogens (primary N) is 1. The van der Waals surface area contributed by atoms with Gasteiger partial charge in [0.1, 0.15) is 0 Å². The van der Waals surface area contributed by atoms with Gasteiger partial charge in [0.25, 0.3) is 0 Å². The maximum absolute atomic E-state index is 6.09. The number of nitrogen functional groups attached to an aromatic ring is 1. The van der Waals surface area contributed by atoms with E-state index in [2.05, 4.69) is 21.8 Å². The third-order valence-corrected chi connectivity index (χ3v) is 4.54. The van der Waals surface area contributed by atoms with Gasteiger partial charge in [-0.1, -0.05) is 0 Å². The molecular formula is C18H25N5O3. The van der Waals surface area contributed by atoms with Crippen molar-refractivity contribution in [3.05, 3.63) is 18.3 Å². The van der Waals surface area contributed by atoms with Crippen LogP contribution in [0.4, 0.5) is 11.6 Å². The molecule has 1 aromatic heterocycles. The minimum atomic E-state index is 0.436. The first-order valence-corrected chi connectivity index (χ1v) is 8.43. The number of likely N-dealkylation sites (N-methyl/N-ethyl adjacent to an activating group) is 1. The van der Waals surface area contributed by atoms with E-state index in [1.165, 1.54) is 0 Å². The van der Waals surface area contributed by atoms with E-state index in [0.29, 0.717) is 34.6 Å². The Kier molecular flexibility index (Phi) is 5.32. The molecule has 8 nitrogen and oxygen atoms in total. The lowest BCUT2D eigenvalue weighted by Gasteiger charge is -2.33. The first kappa shape index (κ1) is 18.1. The number of methoxy groups -OCH3 is 3. The van der Waals surface area contributed by atoms with Crippen molar-refractivity contribution in [2.24, 2.45) is 0 Å². The second-order valence-electron chi connectivity index (χ2n) is 6.17. The molecule has 26 heavy (non-hydrogen) atoms. The Morgan fingerprint density at radius 3 is 2.12 bits per heavy atom. The van der Waals surface area contributed by atoms with Crippen LogP contribution in [0.1, 0.15) is 0 Å². The van der Waals surface area contributed by atoms with Crippen molar-refractivity contribution in [2.45, 2.75) is 0 Å². The molecule has 0 bridgehead atoms. The molecule has 0 spiro atoms. The van der Waals surface area contributed by atoms with Crippen molar-refractivity contribution in [3.63, 3.8) is 0 Å². The molecule has 0 atom stereocenters. The van der Waals surface area contributed by atoms with E-state index < -0.39 is 0 Å². The van der Waals surface area contributed by atoms with E-state index in [-0.39, 0.29) is 0 Å². The first-order valence-electron chi connectivity index (χ1n) is 8.43. The predicted molar refractivity (Wildman–Crippen MR) is 101 cm³/mol. The molecule has 140 valence electrons. The first-order chi connectivity index (χ1) is 12.6. The zero-order valence-electron chi connectivity index (χ0n) is 15.7. The summed E-state index contributed by atoms with van der Waals surface area (Å²) in [7, 11) is 6.87. The van der Waals surface area contributed by atoms with Gasteiger partial charge < -0.3 is 29.7 Å². The van der Waals surface area contributed by atoms with Crippen LogP contribution in [-0.2, 0) is 0 Å². The summed E-state index contributed by atoms with van der Waals surface area (Å²) in [5, 5.41) is 0. The Hall–Kier alpha value is -2.74. The van der Waals surface area contributed by atoms with Crippen molar-refractivity contribution < 1.29 is 14.2 Å². The molecule has 1 aliphatic rings. The predicted octanol–water partition coefficient (Wildman–Crippen LogP) is 1.50. The molecule has 0 aliphatic carbocycles. The minimum Gasteiger partial charge on any atom is -0.493 e. The maximum atomic E-state index is 6.09. The molecule has 2 aromatic rings. The van der Waals surface area contributed by atoms with Crippen LogP contribution < -0.4 is 24.8 Å². The van der Waals surface area contributed by atoms with Crippen LogP contribution in [0.25, 0.3) is 11.3 Å². The number of piperazine rings is 1. The van der Waals surface area contributed by atoms with Crippen molar-refractivity contribution in [1.29, 1.82) is 0 Å². The Balaban J connectivity index is 2.01. The van der Waals surface area contributed by atoms with Gasteiger partial charge in [0, 0.05) is 31.7 Å². The normalized spacial score (nSPS) is 15.0. The lowest BCUT2D eigenvalue weighted by molar-refractivity contribution is 0.312. The van der Waals surface area contributed by atoms with Crippen LogP contribution in [0.2, 0.25) is 0 Å². The van der Waals surface area contributed by atoms with Gasteiger partial charge in [0.2, 0.25) is 5.75 Å². The highest BCUT2D eigenvalue weighted by atomic mass is 16.5. The van der Waals surface area contributed by atoms with Gasteiger partial charge in [-0.2, -0.15) is 0 Å². The van der Waals surface area contributed by atoms with Crippen molar-refractivity contribution in [3.8, 4) is 28.5 Å². The van der Waals surface area contributed by atoms with E-state index in [0.717, 1.165) is 31.7 Å². The molecule has 2 N–H and O–H groups in total. The SMILES string of the molecule is COc1cc(-c2cnc(N)c(N3CCN(C)CC3)n2)cc(OC)c1OC. The summed E-state index contributed by atoms with van der Waals surface area (Å²) in [6.07, 6.45) is 1.66. The highest BCUT2D eigenvalue weighted by Crippen LogP contribution is 2.41. The van der Waals surface area contributed by atoms with Crippen LogP contribution in [0.3, 0.4) is 0 Å². The number of nitrogens with zero attached hydrogens (tertiary/aromatic N) is 4. The van der Waals surface area contributed by atoms with E-state index in [1.54, 1.807) is 27.5 Å². The summed E-state index contributed by atoms with van der Waals surface area (Å²) >= 11 is 0. The largest absolute Gasteiger partial charge is 0.493 e. The average Bonchev–Trinajstić information content (AvgIpc) is 2.68. The van der Waals surface area contributed by atoms with E-state index >= 15 is 0 Å². The Bertz CT molecular complexity index is 750. The fourth-order valence-electron chi connectivity index (χ4n) is 3.01. The van der Waals surface area contributed by atoms with E-state index in [9.17, 15) is 0 Å². The Morgan fingerprint density at radius 1 is 0.962 bits per heavy atom. The Labute approximate surface area is 153 Å². The van der Waals surface area contributed by atoms with Crippen LogP contribution in [-0.4, -0.2) is 69.4 Å². The molecule has 1 aliphatic heterocycles. The fraction of sp³-hybridized carbons (Fsp3) is 0.444. The molecule has 0 amide bonds. The van der Waals surface area contributed by atoms with Crippen LogP contribution in [0.5, 0.6) is 17.2 Å². The van der Waals surface area contributed by atoms with Crippen LogP contribution in [0, 0.1) is 0 Å². The molecule has 3 rings (SSSR count). The van der Waals surface area contributed by atoms with Crippen molar-refractivity contribution in [1.82, 2.24) is 14.9 Å². The van der Waals surface area contributed by atoms with E-state index in [4.69, 9.17) is 24.9 Å². The van der Waals surface area contributed by atoms with Gasteiger partial charge in [0.05, 0.1) is 33.2 Å². The number of ether oxygens (including phenoxy) is 3. The summed E-state index contributed by atoms with van der Waals surface area (Å²) < 4.78 is 16.2. The lowest BCUT2D eigenvalue weighted by Crippen LogP contribution is -2.45. The van der Waals surface area contributed by atoms with Gasteiger partial charge in [-0.25, -0.2) is 9.97 Å². The summed E-state index contributed by atoms with van der Waals surface area (Å²) in [6, 6.07) is 3.71. The van der Waals surface area contributed by atoms with Crippen LogP contribution >= 0.6 is 0 Å². The van der Waals surface area contributed by atoms with E-state index in [1.807, 2.05) is 12.1 Å². The molecule has 0 unspecified atom stereocenters. The summed E-state index contributed by atoms with van der Waals surface area (Å²) in [5.41, 5.74) is 7.62. The summed E-state index contributed by atoms with van der Waals surface area (Å²) in [6.45, 7) is 3.67. The molecular weight excluding hydrogens is 334 g/mol. The number of anilines is 2. The third-order valence-electron chi connectivity index (χ3n) is 4.54. The third kappa shape index (κ3) is 3.45. The van der Waals surface area contributed by atoms with Crippen molar-refractivity contribution >= 4 is 11.6 Å². The quantitative estimate of drug-likeness (QED) is 0.860. The monoisotopic (exact) mass is 359 g/mol. The number of rotatable bonds is 5. The second kappa shape index (κ2) is 7.65. The smallest absolute Gasteiger partial charge is 0.203 e. The molecule has 2 heterocycles. The van der Waals surface area contributed by atoms with Gasteiger partial charge in [-0.05, 0) is 19.2 Å². The minimum absolute atomic E-state index is 0.436. The maximum Gasteiger partial charge on any atom is 0.203 e. The number of aromatic nitrogens is 2. The summed E-state index contributed by atoms with van der Waals surface area (Å²) in [4.78, 5) is 13.6. The number of hydrogen-bond acceptors (Lipinski definition) is 8. The average molecular weight is 359 g/mol. The van der Waals surface area contributed by atoms with Gasteiger partial charge in [-0.3, -0.25) is 0 Å². The standard InChI is InChI=1S/C18H25N5O3/c1-22-5-7-23(8-6-22)18-17(19)20-11-13(21-18)12-9-14(24-2)16(26-4)15(10-12)25-3/h9-11H,5-8H2,1-4H3,(H2,19,20). The number of hydrogen-bond donors (Lipinski definition) is 1. The molecule has 1 fully saturated rings. The van der Waals surface area contributed by atoms with Gasteiger partial charge in [-0.15, -0.1) is 0 Å². The lowest BCUT2D eigenvalue weighted by atomic mass is 10.1. The molecule has 0 radical (unpaired) electrons. The van der Waals surface area contributed by atoms with Crippen molar-refractivity contribution in [2.75, 3.05) is 65.2 Å². The van der Waals surface area contributed by atoms with Gasteiger partial charge in [0.15, 0.2) is 23.1 Å². The second-order valence-corrected chi connectivity index (χ2v) is 6.17. The summed E-state index contributed by atoms with van der Waals surface area (Å²) in [5.74, 6) is 2.83. The molecule has 1 aromatic carbocycles. The molecule has 0 saturated carbocycles. The zero-order chi connectivity index (χ0) is 18.7. The molecule has 8 heteroatoms. The van der Waals surface area contributed by atoms with Crippen LogP contribution in [0.15, 0.2) is 18.3 Å². The number of benzene rings is 1. The molecule has 1 saturated heterocycles. The Morgan fingerprint density at radius 2 is 1.58 bits per heavy atom. The fourth-order valence-corrected chi connectivity index (χ4v) is 3.01. The zero-order valence-corrected chi connectivity index (χ0v) is 15.7.